The molecule has 2 atom stereocenters. The van der Waals surface area contributed by atoms with Crippen LogP contribution in [0, 0.1) is 0 Å². The van der Waals surface area contributed by atoms with Crippen molar-refractivity contribution in [2.75, 3.05) is 26.2 Å². The lowest BCUT2D eigenvalue weighted by molar-refractivity contribution is -0.139. The first-order valence-electron chi connectivity index (χ1n) is 6.96. The van der Waals surface area contributed by atoms with Crippen LogP contribution in [0.3, 0.4) is 0 Å². The Labute approximate surface area is 114 Å². The van der Waals surface area contributed by atoms with Gasteiger partial charge in [0.05, 0.1) is 0 Å². The van der Waals surface area contributed by atoms with Gasteiger partial charge in [0.2, 0.25) is 5.91 Å². The molecule has 6 heteroatoms. The second-order valence-corrected chi connectivity index (χ2v) is 5.16. The minimum absolute atomic E-state index is 0.0144. The van der Waals surface area contributed by atoms with Crippen LogP contribution in [0.2, 0.25) is 0 Å². The predicted molar refractivity (Wildman–Crippen MR) is 72.8 cm³/mol. The summed E-state index contributed by atoms with van der Waals surface area (Å²) < 4.78 is 0. The van der Waals surface area contributed by atoms with E-state index in [0.717, 1.165) is 32.6 Å². The van der Waals surface area contributed by atoms with E-state index in [0.29, 0.717) is 6.04 Å². The first-order valence-corrected chi connectivity index (χ1v) is 6.96. The molecule has 1 saturated heterocycles. The van der Waals surface area contributed by atoms with Crippen LogP contribution in [0.5, 0.6) is 0 Å². The van der Waals surface area contributed by atoms with Gasteiger partial charge in [-0.2, -0.15) is 0 Å². The molecule has 19 heavy (non-hydrogen) atoms. The molecule has 6 nitrogen and oxygen atoms in total. The summed E-state index contributed by atoms with van der Waals surface area (Å²) in [4.78, 5) is 26.7. The molecule has 1 aliphatic heterocycles. The number of hydrogen-bond acceptors (Lipinski definition) is 4. The van der Waals surface area contributed by atoms with E-state index in [1.54, 1.807) is 0 Å². The van der Waals surface area contributed by atoms with Crippen LogP contribution >= 0.6 is 0 Å². The van der Waals surface area contributed by atoms with Gasteiger partial charge in [-0.3, -0.25) is 14.5 Å². The fourth-order valence-corrected chi connectivity index (χ4v) is 2.23. The van der Waals surface area contributed by atoms with Gasteiger partial charge in [0.1, 0.15) is 6.04 Å². The van der Waals surface area contributed by atoms with E-state index in [1.807, 2.05) is 4.90 Å². The lowest BCUT2D eigenvalue weighted by Gasteiger charge is -2.38. The highest BCUT2D eigenvalue weighted by Crippen LogP contribution is 2.10. The van der Waals surface area contributed by atoms with Crippen LogP contribution < -0.4 is 5.73 Å². The first-order chi connectivity index (χ1) is 8.95. The Bertz CT molecular complexity index is 314. The molecule has 0 aromatic heterocycles. The predicted octanol–water partition coefficient (Wildman–Crippen LogP) is 0.121. The number of carboxylic acid groups (broad SMARTS) is 1. The van der Waals surface area contributed by atoms with E-state index >= 15 is 0 Å². The Morgan fingerprint density at radius 3 is 2.32 bits per heavy atom. The summed E-state index contributed by atoms with van der Waals surface area (Å²) in [6, 6.07) is -0.386. The van der Waals surface area contributed by atoms with Gasteiger partial charge in [0, 0.05) is 38.6 Å². The zero-order chi connectivity index (χ0) is 14.4. The fraction of sp³-hybridized carbons (Fsp3) is 0.846. The van der Waals surface area contributed by atoms with Crippen molar-refractivity contribution in [3.8, 4) is 0 Å². The number of piperazine rings is 1. The molecule has 1 rings (SSSR count). The van der Waals surface area contributed by atoms with E-state index in [1.165, 1.54) is 0 Å². The van der Waals surface area contributed by atoms with Crippen molar-refractivity contribution in [1.29, 1.82) is 0 Å². The Hall–Kier alpha value is -1.14. The molecular weight excluding hydrogens is 246 g/mol. The standard InChI is InChI=1S/C13H25N3O3/c1-3-10(2)15-6-8-16(9-7-15)12(17)5-4-11(14)13(18)19/h10-11H,3-9,14H2,1-2H3,(H,18,19)/t10?,11-/m0/s1. The average Bonchev–Trinajstić information content (AvgIpc) is 2.43. The highest BCUT2D eigenvalue weighted by molar-refractivity contribution is 5.78. The molecule has 1 amide bonds. The number of hydrogen-bond donors (Lipinski definition) is 2. The Kier molecular flexibility index (Phi) is 6.24. The van der Waals surface area contributed by atoms with Crippen LogP contribution in [0.15, 0.2) is 0 Å². The van der Waals surface area contributed by atoms with E-state index in [9.17, 15) is 9.59 Å². The number of rotatable bonds is 6. The quantitative estimate of drug-likeness (QED) is 0.716. The van der Waals surface area contributed by atoms with Gasteiger partial charge in [-0.25, -0.2) is 0 Å². The Morgan fingerprint density at radius 1 is 1.26 bits per heavy atom. The number of nitrogens with zero attached hydrogens (tertiary/aromatic N) is 2. The zero-order valence-electron chi connectivity index (χ0n) is 11.8. The molecule has 1 fully saturated rings. The van der Waals surface area contributed by atoms with Crippen LogP contribution in [0.4, 0.5) is 0 Å². The van der Waals surface area contributed by atoms with Gasteiger partial charge in [-0.05, 0) is 19.8 Å². The maximum absolute atomic E-state index is 11.9. The average molecular weight is 271 g/mol. The molecule has 0 saturated carbocycles. The van der Waals surface area contributed by atoms with Crippen molar-refractivity contribution in [3.05, 3.63) is 0 Å². The summed E-state index contributed by atoms with van der Waals surface area (Å²) in [7, 11) is 0. The van der Waals surface area contributed by atoms with E-state index in [-0.39, 0.29) is 18.7 Å². The van der Waals surface area contributed by atoms with Gasteiger partial charge < -0.3 is 15.7 Å². The van der Waals surface area contributed by atoms with Gasteiger partial charge in [0.25, 0.3) is 0 Å². The molecule has 1 heterocycles. The second kappa shape index (κ2) is 7.45. The van der Waals surface area contributed by atoms with Crippen molar-refractivity contribution in [1.82, 2.24) is 9.80 Å². The van der Waals surface area contributed by atoms with Crippen LogP contribution in [0.1, 0.15) is 33.1 Å². The van der Waals surface area contributed by atoms with E-state index in [4.69, 9.17) is 10.8 Å². The summed E-state index contributed by atoms with van der Waals surface area (Å²) >= 11 is 0. The topological polar surface area (TPSA) is 86.9 Å². The molecule has 0 spiro atoms. The molecule has 0 bridgehead atoms. The Balaban J connectivity index is 2.31. The molecular formula is C13H25N3O3. The van der Waals surface area contributed by atoms with Gasteiger partial charge in [-0.1, -0.05) is 6.92 Å². The smallest absolute Gasteiger partial charge is 0.320 e. The maximum atomic E-state index is 11.9. The maximum Gasteiger partial charge on any atom is 0.320 e. The number of nitrogens with two attached hydrogens (primary N) is 1. The third-order valence-electron chi connectivity index (χ3n) is 3.87. The van der Waals surface area contributed by atoms with Gasteiger partial charge >= 0.3 is 5.97 Å². The number of carbonyl (C=O) groups is 2. The summed E-state index contributed by atoms with van der Waals surface area (Å²) in [5.41, 5.74) is 5.40. The second-order valence-electron chi connectivity index (χ2n) is 5.16. The molecule has 1 aliphatic rings. The van der Waals surface area contributed by atoms with Crippen molar-refractivity contribution in [2.24, 2.45) is 5.73 Å². The number of carboxylic acids is 1. The van der Waals surface area contributed by atoms with Crippen LogP contribution in [0.25, 0.3) is 0 Å². The van der Waals surface area contributed by atoms with Gasteiger partial charge in [-0.15, -0.1) is 0 Å². The van der Waals surface area contributed by atoms with E-state index in [2.05, 4.69) is 18.7 Å². The third-order valence-corrected chi connectivity index (χ3v) is 3.87. The van der Waals surface area contributed by atoms with Crippen molar-refractivity contribution in [2.45, 2.75) is 45.2 Å². The molecule has 3 N–H and O–H groups in total. The fourth-order valence-electron chi connectivity index (χ4n) is 2.23. The monoisotopic (exact) mass is 271 g/mol. The lowest BCUT2D eigenvalue weighted by Crippen LogP contribution is -2.51. The zero-order valence-corrected chi connectivity index (χ0v) is 11.8. The largest absolute Gasteiger partial charge is 0.480 e. The van der Waals surface area contributed by atoms with Crippen molar-refractivity contribution >= 4 is 11.9 Å². The third kappa shape index (κ3) is 4.80. The highest BCUT2D eigenvalue weighted by atomic mass is 16.4. The van der Waals surface area contributed by atoms with E-state index < -0.39 is 12.0 Å². The van der Waals surface area contributed by atoms with Crippen LogP contribution in [-0.4, -0.2) is 65.0 Å². The molecule has 1 unspecified atom stereocenters. The Morgan fingerprint density at radius 2 is 1.84 bits per heavy atom. The molecule has 0 radical (unpaired) electrons. The van der Waals surface area contributed by atoms with Crippen LogP contribution in [-0.2, 0) is 9.59 Å². The minimum Gasteiger partial charge on any atom is -0.480 e. The highest BCUT2D eigenvalue weighted by Gasteiger charge is 2.24. The molecule has 0 aliphatic carbocycles. The summed E-state index contributed by atoms with van der Waals surface area (Å²) in [5, 5.41) is 8.67. The first kappa shape index (κ1) is 15.9. The SMILES string of the molecule is CCC(C)N1CCN(C(=O)CC[C@H](N)C(=O)O)CC1. The summed E-state index contributed by atoms with van der Waals surface area (Å²) in [5.74, 6) is -1.03. The number of carbonyl (C=O) groups excluding carboxylic acids is 1. The number of amides is 1. The van der Waals surface area contributed by atoms with Crippen molar-refractivity contribution < 1.29 is 14.7 Å². The van der Waals surface area contributed by atoms with Crippen molar-refractivity contribution in [3.63, 3.8) is 0 Å². The minimum atomic E-state index is -1.05. The molecule has 110 valence electrons. The normalized spacial score (nSPS) is 20.1. The molecule has 0 aromatic rings. The summed E-state index contributed by atoms with van der Waals surface area (Å²) in [6.07, 6.45) is 1.54. The number of aliphatic carboxylic acids is 1. The molecule has 0 aromatic carbocycles. The van der Waals surface area contributed by atoms with Gasteiger partial charge in [0.15, 0.2) is 0 Å². The summed E-state index contributed by atoms with van der Waals surface area (Å²) in [6.45, 7) is 7.60. The lowest BCUT2D eigenvalue weighted by atomic mass is 10.1.